The van der Waals surface area contributed by atoms with Gasteiger partial charge in [0.05, 0.1) is 0 Å². The summed E-state index contributed by atoms with van der Waals surface area (Å²) in [6.45, 7) is 0.992. The monoisotopic (exact) mass is 233 g/mol. The maximum Gasteiger partial charge on any atom is 0.151 e. The van der Waals surface area contributed by atoms with Gasteiger partial charge in [-0.15, -0.1) is 0 Å². The van der Waals surface area contributed by atoms with E-state index in [-0.39, 0.29) is 0 Å². The lowest BCUT2D eigenvalue weighted by atomic mass is 9.95. The highest BCUT2D eigenvalue weighted by molar-refractivity contribution is 6.33. The van der Waals surface area contributed by atoms with Gasteiger partial charge in [-0.3, -0.25) is 0 Å². The van der Waals surface area contributed by atoms with Gasteiger partial charge < -0.3 is 5.32 Å². The molecule has 4 heteroatoms. The summed E-state index contributed by atoms with van der Waals surface area (Å²) in [5, 5.41) is 3.95. The Morgan fingerprint density at radius 2 is 2.14 bits per heavy atom. The first-order chi connectivity index (χ1) is 6.62. The van der Waals surface area contributed by atoms with Gasteiger partial charge in [0.15, 0.2) is 5.67 Å². The Hall–Kier alpha value is -0.310. The molecule has 1 aliphatic rings. The topological polar surface area (TPSA) is 12.0 Å². The first-order valence-electron chi connectivity index (χ1n) is 4.47. The van der Waals surface area contributed by atoms with E-state index in [0.29, 0.717) is 35.1 Å². The van der Waals surface area contributed by atoms with E-state index in [0.717, 1.165) is 0 Å². The maximum atomic E-state index is 14.3. The van der Waals surface area contributed by atoms with Crippen LogP contribution in [0.5, 0.6) is 0 Å². The van der Waals surface area contributed by atoms with E-state index in [1.54, 1.807) is 18.2 Å². The van der Waals surface area contributed by atoms with Crippen LogP contribution in [-0.2, 0) is 5.67 Å². The van der Waals surface area contributed by atoms with Gasteiger partial charge in [0.25, 0.3) is 0 Å². The number of hydrogen-bond acceptors (Lipinski definition) is 1. The van der Waals surface area contributed by atoms with E-state index < -0.39 is 5.67 Å². The van der Waals surface area contributed by atoms with Gasteiger partial charge in [-0.05, 0) is 31.2 Å². The lowest BCUT2D eigenvalue weighted by Gasteiger charge is -2.20. The average molecular weight is 234 g/mol. The largest absolute Gasteiger partial charge is 0.313 e. The molecule has 1 N–H and O–H groups in total. The van der Waals surface area contributed by atoms with E-state index in [4.69, 9.17) is 23.2 Å². The van der Waals surface area contributed by atoms with Crippen LogP contribution in [0.1, 0.15) is 12.0 Å². The molecule has 0 aromatic heterocycles. The van der Waals surface area contributed by atoms with E-state index in [9.17, 15) is 4.39 Å². The van der Waals surface area contributed by atoms with Crippen LogP contribution in [0.2, 0.25) is 10.0 Å². The molecule has 1 atom stereocenters. The zero-order chi connectivity index (χ0) is 10.2. The Labute approximate surface area is 92.2 Å². The SMILES string of the molecule is FC1(c2cc(Cl)ccc2Cl)CCNC1. The van der Waals surface area contributed by atoms with Crippen LogP contribution in [0.3, 0.4) is 0 Å². The summed E-state index contributed by atoms with van der Waals surface area (Å²) in [7, 11) is 0. The fraction of sp³-hybridized carbons (Fsp3) is 0.400. The maximum absolute atomic E-state index is 14.3. The number of rotatable bonds is 1. The molecule has 0 amide bonds. The minimum atomic E-state index is -1.36. The first-order valence-corrected chi connectivity index (χ1v) is 5.23. The van der Waals surface area contributed by atoms with Gasteiger partial charge in [-0.25, -0.2) is 4.39 Å². The molecule has 1 unspecified atom stereocenters. The highest BCUT2D eigenvalue weighted by Crippen LogP contribution is 2.37. The zero-order valence-electron chi connectivity index (χ0n) is 7.49. The molecule has 1 aromatic rings. The van der Waals surface area contributed by atoms with Crippen LogP contribution < -0.4 is 5.32 Å². The van der Waals surface area contributed by atoms with Crippen LogP contribution in [0, 0.1) is 0 Å². The van der Waals surface area contributed by atoms with E-state index in [1.807, 2.05) is 0 Å². The number of nitrogens with one attached hydrogen (secondary N) is 1. The van der Waals surface area contributed by atoms with Crippen molar-refractivity contribution in [3.8, 4) is 0 Å². The Morgan fingerprint density at radius 3 is 2.79 bits per heavy atom. The van der Waals surface area contributed by atoms with Crippen molar-refractivity contribution in [3.05, 3.63) is 33.8 Å². The molecule has 0 bridgehead atoms. The highest BCUT2D eigenvalue weighted by Gasteiger charge is 2.37. The van der Waals surface area contributed by atoms with Crippen LogP contribution in [0.25, 0.3) is 0 Å². The molecule has 2 rings (SSSR count). The fourth-order valence-electron chi connectivity index (χ4n) is 1.73. The van der Waals surface area contributed by atoms with Crippen LogP contribution in [-0.4, -0.2) is 13.1 Å². The van der Waals surface area contributed by atoms with Gasteiger partial charge in [0.2, 0.25) is 0 Å². The van der Waals surface area contributed by atoms with Crippen LogP contribution in [0.15, 0.2) is 18.2 Å². The van der Waals surface area contributed by atoms with Gasteiger partial charge in [0.1, 0.15) is 0 Å². The fourth-order valence-corrected chi connectivity index (χ4v) is 2.19. The second kappa shape index (κ2) is 3.69. The summed E-state index contributed by atoms with van der Waals surface area (Å²) in [5.41, 5.74) is -0.862. The van der Waals surface area contributed by atoms with Crippen molar-refractivity contribution in [2.75, 3.05) is 13.1 Å². The minimum Gasteiger partial charge on any atom is -0.313 e. The Balaban J connectivity index is 2.44. The van der Waals surface area contributed by atoms with Crippen molar-refractivity contribution >= 4 is 23.2 Å². The molecule has 1 fully saturated rings. The molecule has 0 spiro atoms. The van der Waals surface area contributed by atoms with Crippen LogP contribution in [0.4, 0.5) is 4.39 Å². The molecular formula is C10H10Cl2FN. The molecule has 1 nitrogen and oxygen atoms in total. The Morgan fingerprint density at radius 1 is 1.36 bits per heavy atom. The molecule has 14 heavy (non-hydrogen) atoms. The summed E-state index contributed by atoms with van der Waals surface area (Å²) in [4.78, 5) is 0. The van der Waals surface area contributed by atoms with Crippen molar-refractivity contribution < 1.29 is 4.39 Å². The van der Waals surface area contributed by atoms with Crippen molar-refractivity contribution in [3.63, 3.8) is 0 Å². The van der Waals surface area contributed by atoms with Crippen LogP contribution >= 0.6 is 23.2 Å². The smallest absolute Gasteiger partial charge is 0.151 e. The number of hydrogen-bond donors (Lipinski definition) is 1. The molecule has 1 aliphatic heterocycles. The lowest BCUT2D eigenvalue weighted by Crippen LogP contribution is -2.23. The predicted octanol–water partition coefficient (Wildman–Crippen LogP) is 3.15. The third-order valence-electron chi connectivity index (χ3n) is 2.51. The molecule has 1 saturated heterocycles. The van der Waals surface area contributed by atoms with Crippen molar-refractivity contribution in [2.45, 2.75) is 12.1 Å². The number of benzene rings is 1. The summed E-state index contributed by atoms with van der Waals surface area (Å²) >= 11 is 11.8. The van der Waals surface area contributed by atoms with Crippen molar-refractivity contribution in [1.82, 2.24) is 5.32 Å². The number of alkyl halides is 1. The molecule has 0 saturated carbocycles. The molecule has 1 aromatic carbocycles. The quantitative estimate of drug-likeness (QED) is 0.786. The summed E-state index contributed by atoms with van der Waals surface area (Å²) in [6.07, 6.45) is 0.451. The normalized spacial score (nSPS) is 26.8. The third-order valence-corrected chi connectivity index (χ3v) is 3.08. The molecular weight excluding hydrogens is 224 g/mol. The summed E-state index contributed by atoms with van der Waals surface area (Å²) < 4.78 is 14.3. The number of halogens is 3. The second-order valence-corrected chi connectivity index (χ2v) is 4.36. The molecule has 76 valence electrons. The van der Waals surface area contributed by atoms with Gasteiger partial charge in [0, 0.05) is 22.2 Å². The lowest BCUT2D eigenvalue weighted by molar-refractivity contribution is 0.193. The van der Waals surface area contributed by atoms with Gasteiger partial charge in [-0.1, -0.05) is 23.2 Å². The van der Waals surface area contributed by atoms with E-state index in [2.05, 4.69) is 5.32 Å². The van der Waals surface area contributed by atoms with Crippen molar-refractivity contribution in [2.24, 2.45) is 0 Å². The second-order valence-electron chi connectivity index (χ2n) is 3.52. The standard InChI is InChI=1S/C10H10Cl2FN/c11-7-1-2-9(12)8(5-7)10(13)3-4-14-6-10/h1-2,5,14H,3-4,6H2. The van der Waals surface area contributed by atoms with Gasteiger partial charge >= 0.3 is 0 Å². The third kappa shape index (κ3) is 1.74. The molecule has 0 radical (unpaired) electrons. The van der Waals surface area contributed by atoms with Gasteiger partial charge in [-0.2, -0.15) is 0 Å². The molecule has 1 heterocycles. The average Bonchev–Trinajstić information content (AvgIpc) is 2.58. The first kappa shape index (κ1) is 10.2. The van der Waals surface area contributed by atoms with E-state index in [1.165, 1.54) is 0 Å². The van der Waals surface area contributed by atoms with E-state index >= 15 is 0 Å². The minimum absolute atomic E-state index is 0.313. The summed E-state index contributed by atoms with van der Waals surface area (Å²) in [5.74, 6) is 0. The predicted molar refractivity (Wildman–Crippen MR) is 56.7 cm³/mol. The zero-order valence-corrected chi connectivity index (χ0v) is 9.00. The molecule has 0 aliphatic carbocycles. The Bertz CT molecular complexity index is 348. The highest BCUT2D eigenvalue weighted by atomic mass is 35.5. The summed E-state index contributed by atoms with van der Waals surface area (Å²) in [6, 6.07) is 4.91. The Kier molecular flexibility index (Phi) is 2.69. The van der Waals surface area contributed by atoms with Crippen molar-refractivity contribution in [1.29, 1.82) is 0 Å².